The molecule has 0 saturated heterocycles. The SMILES string of the molecule is C=CC(=O)Cc1ccc(-c2ccc(C#N)cc2)cc1.C=CC(=O)Cc1ccc(C(=C)Oc2ccc(C#N)cc2)cc1.C=CC(=O)Cc1ccc(C(=C)Oc2ccc(OC)cc2)cc1. The minimum atomic E-state index is -0.0135. The van der Waals surface area contributed by atoms with Crippen molar-refractivity contribution in [1.29, 1.82) is 10.5 Å². The number of ketones is 3. The molecule has 0 aromatic heterocycles. The minimum Gasteiger partial charge on any atom is -0.497 e. The van der Waals surface area contributed by atoms with Gasteiger partial charge in [0.15, 0.2) is 17.3 Å². The van der Waals surface area contributed by atoms with Crippen LogP contribution in [0.2, 0.25) is 0 Å². The second-order valence-electron chi connectivity index (χ2n) is 13.7. The van der Waals surface area contributed by atoms with Crippen molar-refractivity contribution in [2.24, 2.45) is 0 Å². The van der Waals surface area contributed by atoms with E-state index < -0.39 is 0 Å². The van der Waals surface area contributed by atoms with Gasteiger partial charge in [0.1, 0.15) is 28.8 Å². The molecule has 0 heterocycles. The molecule has 0 atom stereocenters. The van der Waals surface area contributed by atoms with Gasteiger partial charge in [-0.2, -0.15) is 10.5 Å². The maximum absolute atomic E-state index is 11.3. The Morgan fingerprint density at radius 2 is 0.746 bits per heavy atom. The molecule has 0 saturated carbocycles. The number of hydrogen-bond donors (Lipinski definition) is 0. The fourth-order valence-electron chi connectivity index (χ4n) is 5.63. The monoisotopic (exact) mass is 830 g/mol. The van der Waals surface area contributed by atoms with E-state index in [-0.39, 0.29) is 17.3 Å². The van der Waals surface area contributed by atoms with Gasteiger partial charge in [-0.1, -0.05) is 118 Å². The van der Waals surface area contributed by atoms with Gasteiger partial charge in [-0.05, 0) is 107 Å². The molecule has 6 rings (SSSR count). The highest BCUT2D eigenvalue weighted by atomic mass is 16.5. The van der Waals surface area contributed by atoms with Crippen molar-refractivity contribution in [3.63, 3.8) is 0 Å². The van der Waals surface area contributed by atoms with Gasteiger partial charge in [-0.15, -0.1) is 0 Å². The third kappa shape index (κ3) is 15.5. The lowest BCUT2D eigenvalue weighted by Crippen LogP contribution is -1.98. The standard InChI is InChI=1S/C19H15NO2.C19H18O3.C17H13NO/c1-3-18(21)12-15-4-8-17(9-5-15)14(2)22-19-10-6-16(13-20)7-11-19;1-4-17(20)13-15-5-7-16(8-6-15)14(2)22-19-11-9-18(21-3)10-12-19;1-2-17(19)11-13-3-7-15(8-4-13)16-9-5-14(12-18)6-10-16/h3-11H,1-2,12H2;4-12H,1-2,13H2,3H3;2-10H,1,11H2. The molecule has 0 N–H and O–H groups in total. The molecule has 0 aliphatic heterocycles. The molecule has 0 amide bonds. The summed E-state index contributed by atoms with van der Waals surface area (Å²) in [6, 6.07) is 48.5. The Bertz CT molecular complexity index is 2630. The molecule has 0 radical (unpaired) electrons. The van der Waals surface area contributed by atoms with Gasteiger partial charge in [0.2, 0.25) is 0 Å². The Balaban J connectivity index is 0.000000208. The first-order chi connectivity index (χ1) is 30.5. The first kappa shape index (κ1) is 47.1. The summed E-state index contributed by atoms with van der Waals surface area (Å²) < 4.78 is 16.5. The first-order valence-corrected chi connectivity index (χ1v) is 19.6. The molecule has 0 unspecified atom stereocenters. The van der Waals surface area contributed by atoms with Crippen LogP contribution >= 0.6 is 0 Å². The maximum atomic E-state index is 11.3. The van der Waals surface area contributed by atoms with Crippen LogP contribution in [-0.4, -0.2) is 24.5 Å². The molecular weight excluding hydrogens is 785 g/mol. The number of rotatable bonds is 17. The normalized spacial score (nSPS) is 9.70. The number of nitrogens with zero attached hydrogens (tertiary/aromatic N) is 2. The van der Waals surface area contributed by atoms with Crippen LogP contribution in [0.1, 0.15) is 38.9 Å². The number of hydrogen-bond acceptors (Lipinski definition) is 8. The van der Waals surface area contributed by atoms with Gasteiger partial charge < -0.3 is 14.2 Å². The highest BCUT2D eigenvalue weighted by Crippen LogP contribution is 2.24. The number of methoxy groups -OCH3 is 1. The summed E-state index contributed by atoms with van der Waals surface area (Å²) in [6.07, 6.45) is 5.08. The van der Waals surface area contributed by atoms with E-state index >= 15 is 0 Å². The van der Waals surface area contributed by atoms with Crippen LogP contribution in [0.3, 0.4) is 0 Å². The summed E-state index contributed by atoms with van der Waals surface area (Å²) in [7, 11) is 1.62. The molecule has 0 aliphatic rings. The fraction of sp³-hybridized carbons (Fsp3) is 0.0727. The molecule has 0 bridgehead atoms. The summed E-state index contributed by atoms with van der Waals surface area (Å²) in [5.41, 5.74) is 7.88. The van der Waals surface area contributed by atoms with Crippen LogP contribution in [0.15, 0.2) is 197 Å². The van der Waals surface area contributed by atoms with E-state index in [0.29, 0.717) is 53.4 Å². The molecular formula is C55H46N2O6. The molecule has 0 aliphatic carbocycles. The van der Waals surface area contributed by atoms with Gasteiger partial charge in [0.05, 0.1) is 30.4 Å². The van der Waals surface area contributed by atoms with Crippen LogP contribution in [-0.2, 0) is 33.6 Å². The van der Waals surface area contributed by atoms with Crippen LogP contribution < -0.4 is 14.2 Å². The zero-order valence-corrected chi connectivity index (χ0v) is 35.1. The van der Waals surface area contributed by atoms with Crippen molar-refractivity contribution in [1.82, 2.24) is 0 Å². The summed E-state index contributed by atoms with van der Waals surface area (Å²) in [4.78, 5) is 33.9. The van der Waals surface area contributed by atoms with Gasteiger partial charge in [0, 0.05) is 30.4 Å². The summed E-state index contributed by atoms with van der Waals surface area (Å²) in [5.74, 6) is 3.14. The summed E-state index contributed by atoms with van der Waals surface area (Å²) in [5, 5.41) is 17.5. The predicted octanol–water partition coefficient (Wildman–Crippen LogP) is 11.5. The van der Waals surface area contributed by atoms with Crippen molar-refractivity contribution < 1.29 is 28.6 Å². The van der Waals surface area contributed by atoms with Crippen molar-refractivity contribution in [2.45, 2.75) is 19.3 Å². The van der Waals surface area contributed by atoms with Gasteiger partial charge in [-0.3, -0.25) is 14.4 Å². The van der Waals surface area contributed by atoms with Crippen LogP contribution in [0.25, 0.3) is 22.6 Å². The predicted molar refractivity (Wildman–Crippen MR) is 250 cm³/mol. The van der Waals surface area contributed by atoms with E-state index in [1.807, 2.05) is 109 Å². The van der Waals surface area contributed by atoms with Crippen LogP contribution in [0, 0.1) is 22.7 Å². The summed E-state index contributed by atoms with van der Waals surface area (Å²) in [6.45, 7) is 18.2. The van der Waals surface area contributed by atoms with E-state index in [4.69, 9.17) is 24.7 Å². The number of nitriles is 2. The molecule has 8 nitrogen and oxygen atoms in total. The number of carbonyl (C=O) groups is 3. The van der Waals surface area contributed by atoms with Crippen LogP contribution in [0.5, 0.6) is 17.2 Å². The van der Waals surface area contributed by atoms with Crippen molar-refractivity contribution in [3.8, 4) is 40.5 Å². The Morgan fingerprint density at radius 1 is 0.460 bits per heavy atom. The van der Waals surface area contributed by atoms with E-state index in [1.54, 1.807) is 43.5 Å². The number of benzene rings is 6. The molecule has 0 spiro atoms. The fourth-order valence-corrected chi connectivity index (χ4v) is 5.63. The third-order valence-corrected chi connectivity index (χ3v) is 9.20. The summed E-state index contributed by atoms with van der Waals surface area (Å²) >= 11 is 0. The van der Waals surface area contributed by atoms with Crippen molar-refractivity contribution >= 4 is 28.9 Å². The van der Waals surface area contributed by atoms with Gasteiger partial charge >= 0.3 is 0 Å². The molecule has 6 aromatic carbocycles. The highest BCUT2D eigenvalue weighted by Gasteiger charge is 2.07. The second kappa shape index (κ2) is 24.5. The Hall–Kier alpha value is -8.59. The molecule has 0 fully saturated rings. The van der Waals surface area contributed by atoms with Gasteiger partial charge in [-0.25, -0.2) is 0 Å². The van der Waals surface area contributed by atoms with Gasteiger partial charge in [0.25, 0.3) is 0 Å². The van der Waals surface area contributed by atoms with E-state index in [2.05, 4.69) is 45.0 Å². The first-order valence-electron chi connectivity index (χ1n) is 19.6. The Labute approximate surface area is 369 Å². The molecule has 63 heavy (non-hydrogen) atoms. The highest BCUT2D eigenvalue weighted by molar-refractivity contribution is 5.92. The minimum absolute atomic E-state index is 0.000981. The molecule has 6 aromatic rings. The zero-order chi connectivity index (χ0) is 45.6. The Morgan fingerprint density at radius 3 is 1.06 bits per heavy atom. The van der Waals surface area contributed by atoms with Crippen LogP contribution in [0.4, 0.5) is 0 Å². The number of carbonyl (C=O) groups excluding carboxylic acids is 3. The average Bonchev–Trinajstić information content (AvgIpc) is 3.33. The van der Waals surface area contributed by atoms with E-state index in [0.717, 1.165) is 44.7 Å². The molecule has 312 valence electrons. The Kier molecular flexibility index (Phi) is 18.3. The van der Waals surface area contributed by atoms with Crippen molar-refractivity contribution in [2.75, 3.05) is 7.11 Å². The zero-order valence-electron chi connectivity index (χ0n) is 35.1. The quantitative estimate of drug-likeness (QED) is 0.0657. The number of ether oxygens (including phenoxy) is 3. The number of allylic oxidation sites excluding steroid dienone is 3. The topological polar surface area (TPSA) is 126 Å². The lowest BCUT2D eigenvalue weighted by molar-refractivity contribution is -0.114. The van der Waals surface area contributed by atoms with E-state index in [1.165, 1.54) is 18.2 Å². The second-order valence-corrected chi connectivity index (χ2v) is 13.7. The van der Waals surface area contributed by atoms with E-state index in [9.17, 15) is 14.4 Å². The third-order valence-electron chi connectivity index (χ3n) is 9.20. The largest absolute Gasteiger partial charge is 0.497 e. The maximum Gasteiger partial charge on any atom is 0.159 e. The smallest absolute Gasteiger partial charge is 0.159 e. The lowest BCUT2D eigenvalue weighted by atomic mass is 10.0. The molecule has 8 heteroatoms. The van der Waals surface area contributed by atoms with Crippen molar-refractivity contribution in [3.05, 3.63) is 236 Å². The lowest BCUT2D eigenvalue weighted by Gasteiger charge is -2.10. The average molecular weight is 831 g/mol.